The third-order valence-corrected chi connectivity index (χ3v) is 5.03. The summed E-state index contributed by atoms with van der Waals surface area (Å²) in [6.45, 7) is 2.78. The van der Waals surface area contributed by atoms with Gasteiger partial charge in [-0.2, -0.15) is 0 Å². The van der Waals surface area contributed by atoms with Crippen LogP contribution in [-0.4, -0.2) is 36.1 Å². The highest BCUT2D eigenvalue weighted by Crippen LogP contribution is 2.26. The topological polar surface area (TPSA) is 51.4 Å². The number of carbonyl (C=O) groups excluding carboxylic acids is 1. The lowest BCUT2D eigenvalue weighted by Crippen LogP contribution is -2.31. The fourth-order valence-electron chi connectivity index (χ4n) is 3.64. The summed E-state index contributed by atoms with van der Waals surface area (Å²) in [4.78, 5) is 20.0. The molecule has 1 saturated heterocycles. The lowest BCUT2D eigenvalue weighted by molar-refractivity contribution is 0.221. The molecular formula is C21H24N4O. The quantitative estimate of drug-likeness (QED) is 0.733. The Morgan fingerprint density at radius 1 is 1.12 bits per heavy atom. The molecule has 2 heterocycles. The number of hydrogen-bond donors (Lipinski definition) is 2. The average Bonchev–Trinajstić information content (AvgIpc) is 3.34. The van der Waals surface area contributed by atoms with E-state index in [2.05, 4.69) is 33.4 Å². The van der Waals surface area contributed by atoms with Crippen molar-refractivity contribution in [2.24, 2.45) is 0 Å². The summed E-state index contributed by atoms with van der Waals surface area (Å²) in [5.41, 5.74) is 4.28. The highest BCUT2D eigenvalue weighted by molar-refractivity contribution is 6.00. The normalized spacial score (nSPS) is 14.0. The minimum atomic E-state index is -0.102. The Morgan fingerprint density at radius 3 is 2.77 bits per heavy atom. The highest BCUT2D eigenvalue weighted by atomic mass is 16.2. The number of nitrogens with zero attached hydrogens (tertiary/aromatic N) is 2. The molecular weight excluding hydrogens is 324 g/mol. The van der Waals surface area contributed by atoms with Gasteiger partial charge >= 0.3 is 6.03 Å². The first kappa shape index (κ1) is 16.5. The Balaban J connectivity index is 1.49. The summed E-state index contributed by atoms with van der Waals surface area (Å²) in [6.07, 6.45) is 4.37. The largest absolute Gasteiger partial charge is 0.371 e. The fraction of sp³-hybridized carbons (Fsp3) is 0.286. The number of aromatic nitrogens is 1. The Hall–Kier alpha value is -2.95. The molecule has 4 rings (SSSR count). The Morgan fingerprint density at radius 2 is 1.92 bits per heavy atom. The van der Waals surface area contributed by atoms with E-state index in [4.69, 9.17) is 0 Å². The molecule has 3 aromatic rings. The van der Waals surface area contributed by atoms with Crippen LogP contribution < -0.4 is 10.2 Å². The van der Waals surface area contributed by atoms with Crippen LogP contribution in [0.5, 0.6) is 0 Å². The number of amides is 2. The molecule has 0 spiro atoms. The summed E-state index contributed by atoms with van der Waals surface area (Å²) >= 11 is 0. The van der Waals surface area contributed by atoms with Crippen LogP contribution in [0.25, 0.3) is 10.9 Å². The summed E-state index contributed by atoms with van der Waals surface area (Å²) in [5.74, 6) is 0. The van der Waals surface area contributed by atoms with Gasteiger partial charge in [-0.05, 0) is 42.7 Å². The van der Waals surface area contributed by atoms with Gasteiger partial charge < -0.3 is 20.1 Å². The summed E-state index contributed by atoms with van der Waals surface area (Å²) in [5, 5.41) is 4.05. The second kappa shape index (κ2) is 7.12. The number of carbonyl (C=O) groups is 1. The van der Waals surface area contributed by atoms with Crippen LogP contribution in [0.1, 0.15) is 18.4 Å². The van der Waals surface area contributed by atoms with Crippen molar-refractivity contribution in [3.05, 3.63) is 60.3 Å². The second-order valence-corrected chi connectivity index (χ2v) is 6.85. The zero-order valence-electron chi connectivity index (χ0n) is 15.0. The van der Waals surface area contributed by atoms with E-state index in [1.54, 1.807) is 4.90 Å². The molecule has 2 amide bonds. The molecule has 5 heteroatoms. The lowest BCUT2D eigenvalue weighted by atomic mass is 10.1. The SMILES string of the molecule is CN(Cc1ccccc1N1CCCC1)C(=O)Nc1cccc2[nH]ccc12. The van der Waals surface area contributed by atoms with Crippen LogP contribution >= 0.6 is 0 Å². The number of H-pyrrole nitrogens is 1. The molecule has 0 atom stereocenters. The van der Waals surface area contributed by atoms with Crippen molar-refractivity contribution >= 4 is 28.3 Å². The number of nitrogens with one attached hydrogen (secondary N) is 2. The molecule has 0 bridgehead atoms. The van der Waals surface area contributed by atoms with E-state index in [1.807, 2.05) is 43.6 Å². The van der Waals surface area contributed by atoms with Gasteiger partial charge in [0.2, 0.25) is 0 Å². The van der Waals surface area contributed by atoms with Crippen molar-refractivity contribution in [2.75, 3.05) is 30.4 Å². The molecule has 0 unspecified atom stereocenters. The van der Waals surface area contributed by atoms with Gasteiger partial charge in [-0.25, -0.2) is 4.79 Å². The lowest BCUT2D eigenvalue weighted by Gasteiger charge is -2.24. The first-order valence-corrected chi connectivity index (χ1v) is 9.13. The highest BCUT2D eigenvalue weighted by Gasteiger charge is 2.18. The van der Waals surface area contributed by atoms with Crippen LogP contribution in [0.2, 0.25) is 0 Å². The summed E-state index contributed by atoms with van der Waals surface area (Å²) in [6, 6.07) is 16.1. The third-order valence-electron chi connectivity index (χ3n) is 5.03. The molecule has 1 aliphatic heterocycles. The van der Waals surface area contributed by atoms with Gasteiger partial charge in [0.1, 0.15) is 0 Å². The third kappa shape index (κ3) is 3.25. The van der Waals surface area contributed by atoms with Crippen molar-refractivity contribution in [3.8, 4) is 0 Å². The van der Waals surface area contributed by atoms with Crippen LogP contribution in [-0.2, 0) is 6.54 Å². The Kier molecular flexibility index (Phi) is 4.52. The van der Waals surface area contributed by atoms with Gasteiger partial charge in [0, 0.05) is 49.5 Å². The van der Waals surface area contributed by atoms with E-state index in [-0.39, 0.29) is 6.03 Å². The molecule has 0 saturated carbocycles. The maximum absolute atomic E-state index is 12.7. The molecule has 2 N–H and O–H groups in total. The van der Waals surface area contributed by atoms with Gasteiger partial charge in [0.05, 0.1) is 5.69 Å². The monoisotopic (exact) mass is 348 g/mol. The first-order valence-electron chi connectivity index (χ1n) is 9.13. The van der Waals surface area contributed by atoms with Crippen LogP contribution in [0.4, 0.5) is 16.2 Å². The molecule has 2 aromatic carbocycles. The number of anilines is 2. The first-order chi connectivity index (χ1) is 12.7. The fourth-order valence-corrected chi connectivity index (χ4v) is 3.64. The van der Waals surface area contributed by atoms with Gasteiger partial charge in [-0.3, -0.25) is 0 Å². The Bertz CT molecular complexity index is 911. The number of para-hydroxylation sites is 1. The predicted molar refractivity (Wildman–Crippen MR) is 107 cm³/mol. The van der Waals surface area contributed by atoms with Gasteiger partial charge in [0.15, 0.2) is 0 Å². The molecule has 0 aliphatic carbocycles. The summed E-state index contributed by atoms with van der Waals surface area (Å²) in [7, 11) is 1.84. The average molecular weight is 348 g/mol. The standard InChI is InChI=1S/C21H24N4O/c1-24(15-16-7-2-3-10-20(16)25-13-4-5-14-25)21(26)23-19-9-6-8-18-17(19)11-12-22-18/h2-3,6-12,22H,4-5,13-15H2,1H3,(H,23,26). The molecule has 1 aromatic heterocycles. The van der Waals surface area contributed by atoms with E-state index >= 15 is 0 Å². The van der Waals surface area contributed by atoms with Crippen LogP contribution in [0.3, 0.4) is 0 Å². The number of rotatable bonds is 4. The van der Waals surface area contributed by atoms with Crippen molar-refractivity contribution in [2.45, 2.75) is 19.4 Å². The van der Waals surface area contributed by atoms with Crippen molar-refractivity contribution in [1.82, 2.24) is 9.88 Å². The predicted octanol–water partition coefficient (Wildman–Crippen LogP) is 4.43. The van der Waals surface area contributed by atoms with Crippen molar-refractivity contribution in [1.29, 1.82) is 0 Å². The number of hydrogen-bond acceptors (Lipinski definition) is 2. The van der Waals surface area contributed by atoms with Crippen LogP contribution in [0, 0.1) is 0 Å². The van der Waals surface area contributed by atoms with E-state index in [0.29, 0.717) is 6.54 Å². The van der Waals surface area contributed by atoms with E-state index < -0.39 is 0 Å². The summed E-state index contributed by atoms with van der Waals surface area (Å²) < 4.78 is 0. The zero-order chi connectivity index (χ0) is 17.9. The maximum Gasteiger partial charge on any atom is 0.321 e. The molecule has 0 radical (unpaired) electrons. The van der Waals surface area contributed by atoms with Crippen LogP contribution in [0.15, 0.2) is 54.7 Å². The number of aromatic amines is 1. The minimum absolute atomic E-state index is 0.102. The molecule has 134 valence electrons. The van der Waals surface area contributed by atoms with Crippen molar-refractivity contribution < 1.29 is 4.79 Å². The number of benzene rings is 2. The smallest absolute Gasteiger partial charge is 0.321 e. The maximum atomic E-state index is 12.7. The van der Waals surface area contributed by atoms with Gasteiger partial charge in [-0.15, -0.1) is 0 Å². The zero-order valence-corrected chi connectivity index (χ0v) is 15.0. The second-order valence-electron chi connectivity index (χ2n) is 6.85. The molecule has 26 heavy (non-hydrogen) atoms. The molecule has 1 fully saturated rings. The van der Waals surface area contributed by atoms with Gasteiger partial charge in [-0.1, -0.05) is 24.3 Å². The van der Waals surface area contributed by atoms with Gasteiger partial charge in [0.25, 0.3) is 0 Å². The minimum Gasteiger partial charge on any atom is -0.371 e. The number of fused-ring (bicyclic) bond motifs is 1. The van der Waals surface area contributed by atoms with Crippen molar-refractivity contribution in [3.63, 3.8) is 0 Å². The van der Waals surface area contributed by atoms with E-state index in [9.17, 15) is 4.79 Å². The Labute approximate surface area is 153 Å². The van der Waals surface area contributed by atoms with E-state index in [0.717, 1.165) is 29.7 Å². The molecule has 5 nitrogen and oxygen atoms in total. The number of urea groups is 1. The molecule has 1 aliphatic rings. The van der Waals surface area contributed by atoms with E-state index in [1.165, 1.54) is 24.1 Å².